The number of fused-ring (bicyclic) bond motifs is 1. The number of carbonyl (C=O) groups excluding carboxylic acids is 1. The fourth-order valence-corrected chi connectivity index (χ4v) is 4.94. The fraction of sp³-hybridized carbons (Fsp3) is 0.300. The van der Waals surface area contributed by atoms with Crippen LogP contribution in [0.1, 0.15) is 19.8 Å². The Morgan fingerprint density at radius 2 is 1.86 bits per heavy atom. The number of benzene rings is 2. The van der Waals surface area contributed by atoms with Gasteiger partial charge < -0.3 is 14.8 Å². The van der Waals surface area contributed by atoms with E-state index < -0.39 is 9.84 Å². The standard InChI is InChI=1S/C20H22N2O5S2/c1-3-27-15-8-11-17-18(13-15)28-20(21-17)22-19(23)5-4-12-29(24,25)16-9-6-14(26-2)7-10-16/h6-11,13H,3-5,12H2,1-2H3,(H,21,22,23). The van der Waals surface area contributed by atoms with Gasteiger partial charge in [0, 0.05) is 6.42 Å². The Labute approximate surface area is 173 Å². The lowest BCUT2D eigenvalue weighted by Crippen LogP contribution is -2.14. The van der Waals surface area contributed by atoms with Gasteiger partial charge in [0.05, 0.1) is 34.6 Å². The number of aromatic nitrogens is 1. The molecule has 0 fully saturated rings. The van der Waals surface area contributed by atoms with E-state index in [0.29, 0.717) is 17.5 Å². The summed E-state index contributed by atoms with van der Waals surface area (Å²) in [6.45, 7) is 2.49. The van der Waals surface area contributed by atoms with Gasteiger partial charge in [-0.15, -0.1) is 0 Å². The number of nitrogens with one attached hydrogen (secondary N) is 1. The Morgan fingerprint density at radius 3 is 2.55 bits per heavy atom. The minimum absolute atomic E-state index is 0.0928. The summed E-state index contributed by atoms with van der Waals surface area (Å²) in [5.41, 5.74) is 0.774. The summed E-state index contributed by atoms with van der Waals surface area (Å²) in [7, 11) is -1.93. The highest BCUT2D eigenvalue weighted by Gasteiger charge is 2.16. The minimum Gasteiger partial charge on any atom is -0.497 e. The van der Waals surface area contributed by atoms with Crippen molar-refractivity contribution in [2.45, 2.75) is 24.7 Å². The van der Waals surface area contributed by atoms with E-state index in [1.54, 1.807) is 12.1 Å². The Hall–Kier alpha value is -2.65. The Balaban J connectivity index is 1.54. The summed E-state index contributed by atoms with van der Waals surface area (Å²) in [4.78, 5) is 16.8. The average molecular weight is 435 g/mol. The van der Waals surface area contributed by atoms with Crippen LogP contribution < -0.4 is 14.8 Å². The molecule has 0 aliphatic heterocycles. The molecule has 0 aliphatic rings. The molecule has 0 unspecified atom stereocenters. The van der Waals surface area contributed by atoms with E-state index in [9.17, 15) is 13.2 Å². The van der Waals surface area contributed by atoms with Crippen molar-refractivity contribution in [3.8, 4) is 11.5 Å². The number of anilines is 1. The third-order valence-electron chi connectivity index (χ3n) is 4.15. The van der Waals surface area contributed by atoms with Crippen LogP contribution in [0.2, 0.25) is 0 Å². The summed E-state index contributed by atoms with van der Waals surface area (Å²) >= 11 is 1.35. The lowest BCUT2D eigenvalue weighted by atomic mass is 10.3. The number of rotatable bonds is 9. The molecule has 1 heterocycles. The van der Waals surface area contributed by atoms with Crippen molar-refractivity contribution in [1.29, 1.82) is 0 Å². The van der Waals surface area contributed by atoms with Gasteiger partial charge in [0.2, 0.25) is 5.91 Å². The van der Waals surface area contributed by atoms with Gasteiger partial charge in [-0.3, -0.25) is 4.79 Å². The normalized spacial score (nSPS) is 11.4. The zero-order valence-electron chi connectivity index (χ0n) is 16.2. The van der Waals surface area contributed by atoms with E-state index in [2.05, 4.69) is 10.3 Å². The molecular formula is C20H22N2O5S2. The molecule has 154 valence electrons. The third kappa shape index (κ3) is 5.45. The number of sulfone groups is 1. The second kappa shape index (κ2) is 9.23. The number of hydrogen-bond donors (Lipinski definition) is 1. The predicted molar refractivity (Wildman–Crippen MR) is 114 cm³/mol. The van der Waals surface area contributed by atoms with E-state index >= 15 is 0 Å². The van der Waals surface area contributed by atoms with Crippen LogP contribution in [0.4, 0.5) is 5.13 Å². The van der Waals surface area contributed by atoms with Crippen molar-refractivity contribution in [3.63, 3.8) is 0 Å². The van der Waals surface area contributed by atoms with Gasteiger partial charge in [0.1, 0.15) is 11.5 Å². The minimum atomic E-state index is -3.45. The molecule has 3 rings (SSSR count). The molecule has 0 spiro atoms. The number of hydrogen-bond acceptors (Lipinski definition) is 7. The van der Waals surface area contributed by atoms with Crippen LogP contribution in [0.25, 0.3) is 10.2 Å². The molecule has 0 aliphatic carbocycles. The van der Waals surface area contributed by atoms with Gasteiger partial charge in [0.15, 0.2) is 15.0 Å². The molecule has 1 aromatic heterocycles. The van der Waals surface area contributed by atoms with Gasteiger partial charge in [-0.05, 0) is 55.8 Å². The first kappa shape index (κ1) is 21.1. The number of ether oxygens (including phenoxy) is 2. The SMILES string of the molecule is CCOc1ccc2nc(NC(=O)CCCS(=O)(=O)c3ccc(OC)cc3)sc2c1. The van der Waals surface area contributed by atoms with E-state index in [4.69, 9.17) is 9.47 Å². The van der Waals surface area contributed by atoms with Crippen LogP contribution in [-0.4, -0.2) is 38.8 Å². The Bertz CT molecular complexity index is 1090. The molecule has 0 saturated carbocycles. The van der Waals surface area contributed by atoms with Gasteiger partial charge >= 0.3 is 0 Å². The summed E-state index contributed by atoms with van der Waals surface area (Å²) in [6.07, 6.45) is 0.315. The first-order chi connectivity index (χ1) is 13.9. The maximum absolute atomic E-state index is 12.4. The second-order valence-corrected chi connectivity index (χ2v) is 9.37. The van der Waals surface area contributed by atoms with Crippen LogP contribution in [0.5, 0.6) is 11.5 Å². The van der Waals surface area contributed by atoms with Crippen molar-refractivity contribution < 1.29 is 22.7 Å². The molecule has 0 radical (unpaired) electrons. The summed E-state index contributed by atoms with van der Waals surface area (Å²) in [5.74, 6) is 0.974. The highest BCUT2D eigenvalue weighted by molar-refractivity contribution is 7.91. The van der Waals surface area contributed by atoms with Crippen molar-refractivity contribution in [3.05, 3.63) is 42.5 Å². The van der Waals surface area contributed by atoms with E-state index in [0.717, 1.165) is 16.0 Å². The van der Waals surface area contributed by atoms with Crippen LogP contribution in [0, 0.1) is 0 Å². The first-order valence-electron chi connectivity index (χ1n) is 9.11. The van der Waals surface area contributed by atoms with E-state index in [1.807, 2.05) is 25.1 Å². The third-order valence-corrected chi connectivity index (χ3v) is 6.90. The molecule has 1 N–H and O–H groups in total. The van der Waals surface area contributed by atoms with Gasteiger partial charge in [0.25, 0.3) is 0 Å². The van der Waals surface area contributed by atoms with Crippen molar-refractivity contribution in [2.24, 2.45) is 0 Å². The molecule has 3 aromatic rings. The molecule has 0 atom stereocenters. The molecule has 0 saturated heterocycles. The number of amides is 1. The zero-order chi connectivity index (χ0) is 20.9. The van der Waals surface area contributed by atoms with Gasteiger partial charge in [-0.2, -0.15) is 0 Å². The fourth-order valence-electron chi connectivity index (χ4n) is 2.72. The Kier molecular flexibility index (Phi) is 6.71. The molecule has 0 bridgehead atoms. The maximum Gasteiger partial charge on any atom is 0.226 e. The van der Waals surface area contributed by atoms with Crippen LogP contribution in [0.15, 0.2) is 47.4 Å². The zero-order valence-corrected chi connectivity index (χ0v) is 17.8. The van der Waals surface area contributed by atoms with Crippen LogP contribution in [-0.2, 0) is 14.6 Å². The molecule has 9 heteroatoms. The average Bonchev–Trinajstić information content (AvgIpc) is 3.09. The topological polar surface area (TPSA) is 94.6 Å². The lowest BCUT2D eigenvalue weighted by molar-refractivity contribution is -0.116. The van der Waals surface area contributed by atoms with E-state index in [-0.39, 0.29) is 29.4 Å². The highest BCUT2D eigenvalue weighted by atomic mass is 32.2. The molecule has 7 nitrogen and oxygen atoms in total. The summed E-state index contributed by atoms with van der Waals surface area (Å²) in [6, 6.07) is 11.8. The lowest BCUT2D eigenvalue weighted by Gasteiger charge is -2.06. The number of methoxy groups -OCH3 is 1. The van der Waals surface area contributed by atoms with E-state index in [1.165, 1.54) is 30.6 Å². The first-order valence-corrected chi connectivity index (χ1v) is 11.6. The van der Waals surface area contributed by atoms with Gasteiger partial charge in [-0.1, -0.05) is 11.3 Å². The predicted octanol–water partition coefficient (Wildman–Crippen LogP) is 3.90. The summed E-state index contributed by atoms with van der Waals surface area (Å²) < 4.78 is 36.2. The number of thiazole rings is 1. The summed E-state index contributed by atoms with van der Waals surface area (Å²) in [5, 5.41) is 3.22. The number of carbonyl (C=O) groups is 1. The van der Waals surface area contributed by atoms with Crippen LogP contribution >= 0.6 is 11.3 Å². The smallest absolute Gasteiger partial charge is 0.226 e. The van der Waals surface area contributed by atoms with Crippen molar-refractivity contribution in [2.75, 3.05) is 24.8 Å². The van der Waals surface area contributed by atoms with Crippen molar-refractivity contribution >= 4 is 42.4 Å². The monoisotopic (exact) mass is 434 g/mol. The molecule has 29 heavy (non-hydrogen) atoms. The number of nitrogens with zero attached hydrogens (tertiary/aromatic N) is 1. The largest absolute Gasteiger partial charge is 0.497 e. The molecular weight excluding hydrogens is 412 g/mol. The second-order valence-electron chi connectivity index (χ2n) is 6.23. The maximum atomic E-state index is 12.4. The quantitative estimate of drug-likeness (QED) is 0.549. The van der Waals surface area contributed by atoms with Crippen LogP contribution in [0.3, 0.4) is 0 Å². The molecule has 2 aromatic carbocycles. The molecule has 1 amide bonds. The Morgan fingerprint density at radius 1 is 1.14 bits per heavy atom. The highest BCUT2D eigenvalue weighted by Crippen LogP contribution is 2.29. The van der Waals surface area contributed by atoms with Crippen molar-refractivity contribution in [1.82, 2.24) is 4.98 Å². The van der Waals surface area contributed by atoms with Gasteiger partial charge in [-0.25, -0.2) is 13.4 Å².